The molecule has 1 heterocycles. The molecule has 0 radical (unpaired) electrons. The van der Waals surface area contributed by atoms with E-state index in [0.717, 1.165) is 12.0 Å². The van der Waals surface area contributed by atoms with Crippen molar-refractivity contribution in [2.24, 2.45) is 11.1 Å². The number of carbonyl (C=O) groups excluding carboxylic acids is 1. The summed E-state index contributed by atoms with van der Waals surface area (Å²) in [7, 11) is -3.19. The fourth-order valence-corrected chi connectivity index (χ4v) is 3.74. The highest BCUT2D eigenvalue weighted by Crippen LogP contribution is 2.28. The number of carbonyl (C=O) groups is 1. The molecule has 2 N–H and O–H groups in total. The summed E-state index contributed by atoms with van der Waals surface area (Å²) in [5, 5.41) is 0. The Kier molecular flexibility index (Phi) is 5.16. The Morgan fingerprint density at radius 1 is 1.30 bits per heavy atom. The Morgan fingerprint density at radius 3 is 2.43 bits per heavy atom. The molecule has 5 nitrogen and oxygen atoms in total. The van der Waals surface area contributed by atoms with Crippen molar-refractivity contribution in [2.45, 2.75) is 44.6 Å². The average Bonchev–Trinajstić information content (AvgIpc) is 2.50. The molecule has 0 aromatic heterocycles. The molecule has 1 aromatic carbocycles. The van der Waals surface area contributed by atoms with Crippen LogP contribution in [-0.2, 0) is 21.1 Å². The van der Waals surface area contributed by atoms with Crippen molar-refractivity contribution in [3.05, 3.63) is 29.8 Å². The predicted octanol–water partition coefficient (Wildman–Crippen LogP) is 1.61. The number of rotatable bonds is 4. The summed E-state index contributed by atoms with van der Waals surface area (Å²) < 4.78 is 23.6. The number of likely N-dealkylation sites (tertiary alicyclic amines) is 1. The molecule has 1 atom stereocenters. The lowest BCUT2D eigenvalue weighted by Gasteiger charge is -2.42. The maximum Gasteiger partial charge on any atom is 0.227 e. The van der Waals surface area contributed by atoms with Gasteiger partial charge in [0.1, 0.15) is 0 Å². The van der Waals surface area contributed by atoms with E-state index in [1.165, 1.54) is 0 Å². The summed E-state index contributed by atoms with van der Waals surface area (Å²) in [4.78, 5) is 14.6. The summed E-state index contributed by atoms with van der Waals surface area (Å²) in [5.74, 6) is 0.144. The van der Waals surface area contributed by atoms with Gasteiger partial charge in [0.15, 0.2) is 9.84 Å². The highest BCUT2D eigenvalue weighted by molar-refractivity contribution is 7.91. The highest BCUT2D eigenvalue weighted by Gasteiger charge is 2.35. The number of benzene rings is 1. The van der Waals surface area contributed by atoms with Crippen LogP contribution in [0.2, 0.25) is 0 Å². The van der Waals surface area contributed by atoms with Crippen molar-refractivity contribution in [2.75, 3.05) is 18.8 Å². The third kappa shape index (κ3) is 4.12. The fourth-order valence-electron chi connectivity index (χ4n) is 2.85. The summed E-state index contributed by atoms with van der Waals surface area (Å²) in [6.45, 7) is 7.14. The molecule has 1 aromatic rings. The van der Waals surface area contributed by atoms with Crippen LogP contribution in [0.3, 0.4) is 0 Å². The van der Waals surface area contributed by atoms with Crippen molar-refractivity contribution < 1.29 is 13.2 Å². The van der Waals surface area contributed by atoms with E-state index in [4.69, 9.17) is 5.73 Å². The van der Waals surface area contributed by atoms with Gasteiger partial charge in [-0.3, -0.25) is 4.79 Å². The van der Waals surface area contributed by atoms with Gasteiger partial charge in [0.2, 0.25) is 5.91 Å². The first-order chi connectivity index (χ1) is 10.7. The van der Waals surface area contributed by atoms with Gasteiger partial charge in [-0.2, -0.15) is 0 Å². The number of hydrogen-bond acceptors (Lipinski definition) is 4. The normalized spacial score (nSPS) is 21.2. The first kappa shape index (κ1) is 17.9. The number of hydrogen-bond donors (Lipinski definition) is 1. The number of sulfone groups is 1. The smallest absolute Gasteiger partial charge is 0.227 e. The maximum absolute atomic E-state index is 12.5. The minimum absolute atomic E-state index is 0.0658. The molecule has 6 heteroatoms. The van der Waals surface area contributed by atoms with E-state index < -0.39 is 9.84 Å². The third-order valence-corrected chi connectivity index (χ3v) is 6.43. The van der Waals surface area contributed by atoms with Gasteiger partial charge in [-0.1, -0.05) is 32.9 Å². The zero-order chi connectivity index (χ0) is 17.3. The second-order valence-corrected chi connectivity index (χ2v) is 9.20. The van der Waals surface area contributed by atoms with E-state index in [9.17, 15) is 13.2 Å². The zero-order valence-corrected chi connectivity index (χ0v) is 14.9. The van der Waals surface area contributed by atoms with Crippen LogP contribution in [0.5, 0.6) is 0 Å². The standard InChI is InChI=1S/C17H26N2O3S/c1-4-23(21,22)14-7-5-13(6-8-14)11-16(20)19-10-9-15(18)17(2,3)12-19/h5-8,15H,4,9-12,18H2,1-3H3. The molecule has 1 unspecified atom stereocenters. The van der Waals surface area contributed by atoms with Gasteiger partial charge in [-0.25, -0.2) is 8.42 Å². The molecule has 1 aliphatic heterocycles. The van der Waals surface area contributed by atoms with Gasteiger partial charge in [0.25, 0.3) is 0 Å². The third-order valence-electron chi connectivity index (χ3n) is 4.68. The largest absolute Gasteiger partial charge is 0.342 e. The van der Waals surface area contributed by atoms with Crippen molar-refractivity contribution in [3.63, 3.8) is 0 Å². The van der Waals surface area contributed by atoms with Gasteiger partial charge >= 0.3 is 0 Å². The molecule has 1 fully saturated rings. The summed E-state index contributed by atoms with van der Waals surface area (Å²) in [6, 6.07) is 6.72. The topological polar surface area (TPSA) is 80.5 Å². The summed E-state index contributed by atoms with van der Waals surface area (Å²) >= 11 is 0. The summed E-state index contributed by atoms with van der Waals surface area (Å²) in [6.07, 6.45) is 1.10. The molecule has 128 valence electrons. The minimum Gasteiger partial charge on any atom is -0.342 e. The lowest BCUT2D eigenvalue weighted by Crippen LogP contribution is -2.54. The second-order valence-electron chi connectivity index (χ2n) is 6.92. The lowest BCUT2D eigenvalue weighted by atomic mass is 9.79. The van der Waals surface area contributed by atoms with Crippen LogP contribution >= 0.6 is 0 Å². The van der Waals surface area contributed by atoms with Crippen LogP contribution in [0, 0.1) is 5.41 Å². The Hall–Kier alpha value is -1.40. The maximum atomic E-state index is 12.5. The molecule has 0 spiro atoms. The number of piperidine rings is 1. The molecule has 0 saturated carbocycles. The van der Waals surface area contributed by atoms with E-state index in [2.05, 4.69) is 13.8 Å². The Balaban J connectivity index is 2.04. The number of nitrogens with zero attached hydrogens (tertiary/aromatic N) is 1. The number of amides is 1. The van der Waals surface area contributed by atoms with Crippen LogP contribution < -0.4 is 5.73 Å². The van der Waals surface area contributed by atoms with Crippen LogP contribution in [0.1, 0.15) is 32.8 Å². The number of nitrogens with two attached hydrogens (primary N) is 1. The SMILES string of the molecule is CCS(=O)(=O)c1ccc(CC(=O)N2CCC(N)C(C)(C)C2)cc1. The van der Waals surface area contributed by atoms with Crippen molar-refractivity contribution in [3.8, 4) is 0 Å². The zero-order valence-electron chi connectivity index (χ0n) is 14.1. The fraction of sp³-hybridized carbons (Fsp3) is 0.588. The molecule has 0 bridgehead atoms. The van der Waals surface area contributed by atoms with E-state index in [0.29, 0.717) is 18.0 Å². The molecule has 0 aliphatic carbocycles. The van der Waals surface area contributed by atoms with E-state index in [-0.39, 0.29) is 29.5 Å². The second kappa shape index (κ2) is 6.61. The molecular weight excluding hydrogens is 312 g/mol. The van der Waals surface area contributed by atoms with Gasteiger partial charge in [0, 0.05) is 19.1 Å². The van der Waals surface area contributed by atoms with Crippen LogP contribution in [-0.4, -0.2) is 44.1 Å². The van der Waals surface area contributed by atoms with Crippen molar-refractivity contribution in [1.82, 2.24) is 4.90 Å². The average molecular weight is 338 g/mol. The highest BCUT2D eigenvalue weighted by atomic mass is 32.2. The first-order valence-electron chi connectivity index (χ1n) is 8.01. The van der Waals surface area contributed by atoms with Crippen LogP contribution in [0.4, 0.5) is 0 Å². The van der Waals surface area contributed by atoms with Gasteiger partial charge < -0.3 is 10.6 Å². The molecule has 23 heavy (non-hydrogen) atoms. The molecule has 1 aliphatic rings. The molecular formula is C17H26N2O3S. The first-order valence-corrected chi connectivity index (χ1v) is 9.66. The predicted molar refractivity (Wildman–Crippen MR) is 90.8 cm³/mol. The lowest BCUT2D eigenvalue weighted by molar-refractivity contribution is -0.133. The van der Waals surface area contributed by atoms with Gasteiger partial charge in [-0.15, -0.1) is 0 Å². The van der Waals surface area contributed by atoms with Gasteiger partial charge in [0.05, 0.1) is 17.1 Å². The quantitative estimate of drug-likeness (QED) is 0.904. The summed E-state index contributed by atoms with van der Waals surface area (Å²) in [5.41, 5.74) is 6.86. The molecule has 1 amide bonds. The minimum atomic E-state index is -3.19. The van der Waals surface area contributed by atoms with Crippen LogP contribution in [0.15, 0.2) is 29.2 Å². The molecule has 1 saturated heterocycles. The Bertz CT molecular complexity index is 666. The Morgan fingerprint density at radius 2 is 1.91 bits per heavy atom. The van der Waals surface area contributed by atoms with Crippen molar-refractivity contribution >= 4 is 15.7 Å². The van der Waals surface area contributed by atoms with Gasteiger partial charge in [-0.05, 0) is 29.5 Å². The van der Waals surface area contributed by atoms with E-state index >= 15 is 0 Å². The van der Waals surface area contributed by atoms with E-state index in [1.807, 2.05) is 4.90 Å². The molecule has 2 rings (SSSR count). The van der Waals surface area contributed by atoms with E-state index in [1.54, 1.807) is 31.2 Å². The monoisotopic (exact) mass is 338 g/mol. The van der Waals surface area contributed by atoms with Crippen molar-refractivity contribution in [1.29, 1.82) is 0 Å². The Labute approximate surface area is 138 Å². The van der Waals surface area contributed by atoms with Crippen LogP contribution in [0.25, 0.3) is 0 Å².